The van der Waals surface area contributed by atoms with Gasteiger partial charge in [0, 0.05) is 34.9 Å². The summed E-state index contributed by atoms with van der Waals surface area (Å²) in [4.78, 5) is 27.4. The fraction of sp³-hybridized carbons (Fsp3) is 0.120. The van der Waals surface area contributed by atoms with Crippen LogP contribution in [-0.2, 0) is 21.4 Å². The lowest BCUT2D eigenvalue weighted by molar-refractivity contribution is -0.120. The maximum Gasteiger partial charge on any atom is 0.330 e. The Bertz CT molecular complexity index is 1590. The van der Waals surface area contributed by atoms with E-state index in [1.54, 1.807) is 16.9 Å². The second-order valence-electron chi connectivity index (χ2n) is 8.27. The second-order valence-corrected chi connectivity index (χ2v) is 11.1. The fourth-order valence-electron chi connectivity index (χ4n) is 3.73. The number of carbonyl (C=O) groups excluding carboxylic acids is 2. The molecule has 1 aromatic heterocycles. The number of rotatable bonds is 8. The molecule has 0 aliphatic rings. The molecule has 0 spiro atoms. The Labute approximate surface area is 226 Å². The predicted octanol–water partition coefficient (Wildman–Crippen LogP) is 5.06. The molecule has 0 bridgehead atoms. The van der Waals surface area contributed by atoms with Crippen LogP contribution in [0.1, 0.15) is 5.56 Å². The molecule has 38 heavy (non-hydrogen) atoms. The molecule has 0 aliphatic heterocycles. The maximum absolute atomic E-state index is 13.8. The lowest BCUT2D eigenvalue weighted by atomic mass is 10.0. The number of amides is 3. The molecule has 198 valence electrons. The number of likely N-dealkylation sites (N-methyl/N-ethyl adjacent to an activating group) is 1. The van der Waals surface area contributed by atoms with E-state index in [2.05, 4.69) is 10.0 Å². The summed E-state index contributed by atoms with van der Waals surface area (Å²) in [6, 6.07) is 13.2. The van der Waals surface area contributed by atoms with Gasteiger partial charge in [0.15, 0.2) is 0 Å². The Hall–Kier alpha value is -3.74. The molecular weight excluding hydrogens is 558 g/mol. The summed E-state index contributed by atoms with van der Waals surface area (Å²) in [6.07, 6.45) is -0.312. The van der Waals surface area contributed by atoms with E-state index in [0.29, 0.717) is 11.8 Å². The fourth-order valence-corrected chi connectivity index (χ4v) is 5.48. The molecule has 0 radical (unpaired) electrons. The third-order valence-electron chi connectivity index (χ3n) is 5.42. The van der Waals surface area contributed by atoms with Crippen molar-refractivity contribution in [1.29, 1.82) is 0 Å². The summed E-state index contributed by atoms with van der Waals surface area (Å²) in [6.45, 7) is 0. The zero-order valence-electron chi connectivity index (χ0n) is 19.7. The number of urea groups is 1. The van der Waals surface area contributed by atoms with Gasteiger partial charge in [0.05, 0.1) is 5.69 Å². The van der Waals surface area contributed by atoms with Crippen LogP contribution in [0.15, 0.2) is 72.1 Å². The van der Waals surface area contributed by atoms with Gasteiger partial charge < -0.3 is 10.2 Å². The van der Waals surface area contributed by atoms with E-state index in [0.717, 1.165) is 22.2 Å². The first-order valence-corrected chi connectivity index (χ1v) is 13.8. The van der Waals surface area contributed by atoms with Gasteiger partial charge in [-0.2, -0.15) is 8.42 Å². The SMILES string of the molecule is CN(C(=O)[C@H](Cc1cc(F)cc(F)c1)NC(=O)NS(=O)(=O)Nc1cccc(Cl)c1)c1ccc2sccc2c1. The lowest BCUT2D eigenvalue weighted by Gasteiger charge is -2.25. The highest BCUT2D eigenvalue weighted by molar-refractivity contribution is 7.91. The van der Waals surface area contributed by atoms with E-state index in [4.69, 9.17) is 11.6 Å². The standard InChI is InChI=1S/C25H21ClF2N4O4S2/c1-32(21-5-6-23-16(12-21)7-8-37-23)24(33)22(11-15-9-18(27)14-19(28)10-15)29-25(34)31-38(35,36)30-20-4-2-3-17(26)13-20/h2-10,12-14,22,30H,11H2,1H3,(H2,29,31,34)/t22-/m0/s1. The molecule has 3 aromatic carbocycles. The summed E-state index contributed by atoms with van der Waals surface area (Å²) in [5.41, 5.74) is 0.695. The van der Waals surface area contributed by atoms with E-state index in [-0.39, 0.29) is 22.7 Å². The van der Waals surface area contributed by atoms with E-state index in [1.165, 1.54) is 47.5 Å². The zero-order chi connectivity index (χ0) is 27.4. The van der Waals surface area contributed by atoms with Gasteiger partial charge in [-0.3, -0.25) is 9.52 Å². The number of anilines is 2. The van der Waals surface area contributed by atoms with Gasteiger partial charge in [0.1, 0.15) is 17.7 Å². The molecular formula is C25H21ClF2N4O4S2. The van der Waals surface area contributed by atoms with Gasteiger partial charge in [0.25, 0.3) is 0 Å². The maximum atomic E-state index is 13.8. The van der Waals surface area contributed by atoms with Gasteiger partial charge in [-0.1, -0.05) is 17.7 Å². The topological polar surface area (TPSA) is 108 Å². The third-order valence-corrected chi connectivity index (χ3v) is 7.51. The van der Waals surface area contributed by atoms with Gasteiger partial charge in [-0.25, -0.2) is 18.3 Å². The minimum absolute atomic E-state index is 0.0859. The van der Waals surface area contributed by atoms with Crippen molar-refractivity contribution in [2.75, 3.05) is 16.7 Å². The van der Waals surface area contributed by atoms with Crippen molar-refractivity contribution in [2.45, 2.75) is 12.5 Å². The van der Waals surface area contributed by atoms with E-state index >= 15 is 0 Å². The van der Waals surface area contributed by atoms with Gasteiger partial charge in [0.2, 0.25) is 5.91 Å². The number of hydrogen-bond donors (Lipinski definition) is 3. The Morgan fingerprint density at radius 3 is 2.47 bits per heavy atom. The molecule has 3 N–H and O–H groups in total. The second kappa shape index (κ2) is 11.3. The van der Waals surface area contributed by atoms with Crippen molar-refractivity contribution in [3.8, 4) is 0 Å². The van der Waals surface area contributed by atoms with Crippen molar-refractivity contribution in [1.82, 2.24) is 10.0 Å². The Morgan fingerprint density at radius 2 is 1.76 bits per heavy atom. The zero-order valence-corrected chi connectivity index (χ0v) is 22.1. The molecule has 1 heterocycles. The Kier molecular flexibility index (Phi) is 8.14. The van der Waals surface area contributed by atoms with E-state index < -0.39 is 39.8 Å². The molecule has 0 unspecified atom stereocenters. The minimum atomic E-state index is -4.41. The number of thiophene rings is 1. The number of benzene rings is 3. The molecule has 1 atom stereocenters. The quantitative estimate of drug-likeness (QED) is 0.271. The van der Waals surface area contributed by atoms with E-state index in [9.17, 15) is 26.8 Å². The average Bonchev–Trinajstić information content (AvgIpc) is 3.29. The first kappa shape index (κ1) is 27.3. The molecule has 13 heteroatoms. The summed E-state index contributed by atoms with van der Waals surface area (Å²) < 4.78 is 57.5. The summed E-state index contributed by atoms with van der Waals surface area (Å²) in [7, 11) is -2.93. The molecule has 3 amide bonds. The van der Waals surface area contributed by atoms with Crippen molar-refractivity contribution >= 4 is 66.5 Å². The van der Waals surface area contributed by atoms with Crippen molar-refractivity contribution in [2.24, 2.45) is 0 Å². The Morgan fingerprint density at radius 1 is 1.03 bits per heavy atom. The monoisotopic (exact) mass is 578 g/mol. The molecule has 0 fully saturated rings. The van der Waals surface area contributed by atoms with Crippen LogP contribution in [0.3, 0.4) is 0 Å². The van der Waals surface area contributed by atoms with Crippen LogP contribution < -0.4 is 19.7 Å². The highest BCUT2D eigenvalue weighted by atomic mass is 35.5. The van der Waals surface area contributed by atoms with Crippen LogP contribution in [0.4, 0.5) is 25.0 Å². The summed E-state index contributed by atoms with van der Waals surface area (Å²) in [5, 5.41) is 5.39. The number of fused-ring (bicyclic) bond motifs is 1. The molecule has 0 saturated heterocycles. The molecule has 8 nitrogen and oxygen atoms in total. The number of carbonyl (C=O) groups is 2. The van der Waals surface area contributed by atoms with Gasteiger partial charge >= 0.3 is 16.2 Å². The van der Waals surface area contributed by atoms with Crippen LogP contribution in [-0.4, -0.2) is 33.4 Å². The third kappa shape index (κ3) is 6.97. The van der Waals surface area contributed by atoms with Crippen LogP contribution in [0.2, 0.25) is 5.02 Å². The summed E-state index contributed by atoms with van der Waals surface area (Å²) in [5.74, 6) is -2.36. The lowest BCUT2D eigenvalue weighted by Crippen LogP contribution is -2.53. The molecule has 0 saturated carbocycles. The highest BCUT2D eigenvalue weighted by Gasteiger charge is 2.27. The first-order valence-electron chi connectivity index (χ1n) is 11.1. The van der Waals surface area contributed by atoms with Crippen LogP contribution in [0.5, 0.6) is 0 Å². The number of nitrogens with zero attached hydrogens (tertiary/aromatic N) is 1. The van der Waals surface area contributed by atoms with Crippen molar-refractivity contribution in [3.05, 3.63) is 94.3 Å². The first-order chi connectivity index (χ1) is 18.0. The van der Waals surface area contributed by atoms with Crippen LogP contribution in [0.25, 0.3) is 10.1 Å². The van der Waals surface area contributed by atoms with Gasteiger partial charge in [-0.05, 0) is 70.9 Å². The van der Waals surface area contributed by atoms with Crippen LogP contribution >= 0.6 is 22.9 Å². The summed E-state index contributed by atoms with van der Waals surface area (Å²) >= 11 is 7.39. The number of halogens is 3. The predicted molar refractivity (Wildman–Crippen MR) is 145 cm³/mol. The normalized spacial score (nSPS) is 12.1. The molecule has 4 aromatic rings. The van der Waals surface area contributed by atoms with E-state index in [1.807, 2.05) is 17.5 Å². The number of nitrogens with one attached hydrogen (secondary N) is 3. The smallest absolute Gasteiger partial charge is 0.325 e. The van der Waals surface area contributed by atoms with Gasteiger partial charge in [-0.15, -0.1) is 11.3 Å². The number of hydrogen-bond acceptors (Lipinski definition) is 5. The molecule has 0 aliphatic carbocycles. The molecule has 4 rings (SSSR count). The van der Waals surface area contributed by atoms with Crippen molar-refractivity contribution in [3.63, 3.8) is 0 Å². The largest absolute Gasteiger partial charge is 0.330 e. The highest BCUT2D eigenvalue weighted by Crippen LogP contribution is 2.26. The van der Waals surface area contributed by atoms with Crippen molar-refractivity contribution < 1.29 is 26.8 Å². The van der Waals surface area contributed by atoms with Crippen LogP contribution in [0, 0.1) is 11.6 Å². The average molecular weight is 579 g/mol. The Balaban J connectivity index is 1.55. The minimum Gasteiger partial charge on any atom is -0.325 e.